The second-order valence-electron chi connectivity index (χ2n) is 2.44. The fraction of sp³-hybridized carbons (Fsp3) is 1.00. The summed E-state index contributed by atoms with van der Waals surface area (Å²) in [6, 6.07) is 0. The van der Waals surface area contributed by atoms with Crippen molar-refractivity contribution >= 4 is 0 Å². The highest BCUT2D eigenvalue weighted by Crippen LogP contribution is 1.94. The Morgan fingerprint density at radius 1 is 1.58 bits per heavy atom. The molecule has 0 aliphatic carbocycles. The Labute approximate surface area is 71.8 Å². The lowest BCUT2D eigenvalue weighted by atomic mass is 10.4. The largest absolute Gasteiger partial charge is 0.569 e. The van der Waals surface area contributed by atoms with E-state index in [1.165, 1.54) is 5.01 Å². The van der Waals surface area contributed by atoms with Crippen molar-refractivity contribution < 1.29 is 10.2 Å². The van der Waals surface area contributed by atoms with E-state index in [-0.39, 0.29) is 4.97 Å². The molecule has 0 amide bonds. The van der Waals surface area contributed by atoms with Crippen LogP contribution in [0.1, 0.15) is 19.8 Å². The minimum atomic E-state index is 0.194. The van der Waals surface area contributed by atoms with Crippen molar-refractivity contribution in [1.82, 2.24) is 5.01 Å². The summed E-state index contributed by atoms with van der Waals surface area (Å²) in [6.07, 6.45) is 1.55. The molecule has 0 aromatic heterocycles. The molecule has 0 aliphatic rings. The monoisotopic (exact) mass is 176 g/mol. The second-order valence-corrected chi connectivity index (χ2v) is 2.44. The lowest BCUT2D eigenvalue weighted by Gasteiger charge is -2.15. The van der Waals surface area contributed by atoms with E-state index in [2.05, 4.69) is 5.28 Å². The molecule has 6 nitrogen and oxygen atoms in total. The molecule has 0 unspecified atom stereocenters. The summed E-state index contributed by atoms with van der Waals surface area (Å²) in [7, 11) is 0. The van der Waals surface area contributed by atoms with Gasteiger partial charge in [-0.25, -0.2) is 0 Å². The molecule has 0 saturated carbocycles. The van der Waals surface area contributed by atoms with E-state index in [1.54, 1.807) is 0 Å². The van der Waals surface area contributed by atoms with Gasteiger partial charge in [0.15, 0.2) is 0 Å². The Balaban J connectivity index is 3.85. The first-order chi connectivity index (χ1) is 5.76. The van der Waals surface area contributed by atoms with Gasteiger partial charge < -0.3 is 16.1 Å². The molecule has 0 bridgehead atoms. The van der Waals surface area contributed by atoms with Gasteiger partial charge in [0.25, 0.3) is 0 Å². The first-order valence-electron chi connectivity index (χ1n) is 4.03. The maximum Gasteiger partial charge on any atom is 0.230 e. The molecule has 0 fully saturated rings. The highest BCUT2D eigenvalue weighted by molar-refractivity contribution is 4.45. The van der Waals surface area contributed by atoms with Crippen molar-refractivity contribution in [2.45, 2.75) is 19.8 Å². The van der Waals surface area contributed by atoms with Gasteiger partial charge in [0.2, 0.25) is 5.28 Å². The average Bonchev–Trinajstić information content (AvgIpc) is 2.11. The van der Waals surface area contributed by atoms with Crippen LogP contribution >= 0.6 is 0 Å². The minimum Gasteiger partial charge on any atom is -0.569 e. The minimum absolute atomic E-state index is 0.194. The van der Waals surface area contributed by atoms with Crippen molar-refractivity contribution in [3.63, 3.8) is 0 Å². The molecule has 0 aromatic rings. The van der Waals surface area contributed by atoms with E-state index in [1.807, 2.05) is 6.92 Å². The first kappa shape index (κ1) is 11.0. The summed E-state index contributed by atoms with van der Waals surface area (Å²) in [5, 5.41) is 22.9. The van der Waals surface area contributed by atoms with Crippen molar-refractivity contribution in [3.8, 4) is 0 Å². The van der Waals surface area contributed by atoms with E-state index < -0.39 is 0 Å². The average molecular weight is 176 g/mol. The van der Waals surface area contributed by atoms with E-state index in [0.29, 0.717) is 26.1 Å². The van der Waals surface area contributed by atoms with Gasteiger partial charge in [-0.1, -0.05) is 6.92 Å². The van der Waals surface area contributed by atoms with Crippen LogP contribution in [0.3, 0.4) is 0 Å². The van der Waals surface area contributed by atoms with Gasteiger partial charge in [-0.15, -0.1) is 5.01 Å². The van der Waals surface area contributed by atoms with E-state index in [4.69, 9.17) is 10.9 Å². The van der Waals surface area contributed by atoms with Crippen LogP contribution in [0.2, 0.25) is 0 Å². The van der Waals surface area contributed by atoms with Gasteiger partial charge in [0.1, 0.15) is 0 Å². The maximum absolute atomic E-state index is 10.8. The Kier molecular flexibility index (Phi) is 6.08. The number of nitrogens with zero attached hydrogens (tertiary/aromatic N) is 3. The molecule has 0 aromatic carbocycles. The zero-order chi connectivity index (χ0) is 9.40. The third-order valence-electron chi connectivity index (χ3n) is 1.42. The molecule has 0 radical (unpaired) electrons. The highest BCUT2D eigenvalue weighted by atomic mass is 16.6. The van der Waals surface area contributed by atoms with Gasteiger partial charge in [0, 0.05) is 0 Å². The van der Waals surface area contributed by atoms with Crippen LogP contribution in [0.25, 0.3) is 0 Å². The standard InChI is InChI=1S/C6H16N4O2/c1-2-5-9(6-3-4-7)10(12)8-11/h11H,2-7H2,1H3/b10-8-. The fourth-order valence-electron chi connectivity index (χ4n) is 0.871. The number of hydrogen-bond acceptors (Lipinski definition) is 3. The summed E-state index contributed by atoms with van der Waals surface area (Å²) in [5.74, 6) is 0. The molecular weight excluding hydrogens is 160 g/mol. The van der Waals surface area contributed by atoms with Crippen LogP contribution in [-0.4, -0.2) is 34.8 Å². The maximum atomic E-state index is 10.8. The molecule has 12 heavy (non-hydrogen) atoms. The second kappa shape index (κ2) is 6.66. The summed E-state index contributed by atoms with van der Waals surface area (Å²) < 4.78 is 0. The van der Waals surface area contributed by atoms with Gasteiger partial charge >= 0.3 is 0 Å². The number of rotatable bonds is 6. The molecule has 0 saturated heterocycles. The molecule has 3 N–H and O–H groups in total. The van der Waals surface area contributed by atoms with E-state index in [0.717, 1.165) is 6.42 Å². The Hall–Kier alpha value is -1.04. The van der Waals surface area contributed by atoms with Crippen LogP contribution in [-0.2, 0) is 0 Å². The number of nitrogens with two attached hydrogens (primary N) is 1. The predicted molar refractivity (Wildman–Crippen MR) is 43.4 cm³/mol. The van der Waals surface area contributed by atoms with E-state index in [9.17, 15) is 5.21 Å². The van der Waals surface area contributed by atoms with Crippen LogP contribution in [0, 0.1) is 5.21 Å². The summed E-state index contributed by atoms with van der Waals surface area (Å²) >= 11 is 0. The Morgan fingerprint density at radius 2 is 2.25 bits per heavy atom. The molecule has 0 atom stereocenters. The van der Waals surface area contributed by atoms with Gasteiger partial charge in [-0.2, -0.15) is 0 Å². The quantitative estimate of drug-likeness (QED) is 0.346. The molecule has 0 spiro atoms. The van der Waals surface area contributed by atoms with Crippen LogP contribution in [0.15, 0.2) is 5.28 Å². The summed E-state index contributed by atoms with van der Waals surface area (Å²) in [5.41, 5.74) is 5.27. The SMILES string of the molecule is CCCN(CCCN)/[N+]([O-])=N/O. The van der Waals surface area contributed by atoms with Crippen molar-refractivity contribution in [2.24, 2.45) is 11.0 Å². The fourth-order valence-corrected chi connectivity index (χ4v) is 0.871. The third-order valence-corrected chi connectivity index (χ3v) is 1.42. The van der Waals surface area contributed by atoms with Crippen LogP contribution in [0.4, 0.5) is 0 Å². The van der Waals surface area contributed by atoms with Crippen molar-refractivity contribution in [2.75, 3.05) is 19.6 Å². The smallest absolute Gasteiger partial charge is 0.230 e. The number of hydrogen-bond donors (Lipinski definition) is 2. The van der Waals surface area contributed by atoms with Crippen molar-refractivity contribution in [1.29, 1.82) is 0 Å². The van der Waals surface area contributed by atoms with Gasteiger partial charge in [-0.05, 0) is 19.4 Å². The Bertz CT molecular complexity index is 140. The summed E-state index contributed by atoms with van der Waals surface area (Å²) in [6.45, 7) is 3.58. The lowest BCUT2D eigenvalue weighted by Crippen LogP contribution is -2.33. The topological polar surface area (TPSA) is 87.9 Å². The molecule has 6 heteroatoms. The van der Waals surface area contributed by atoms with Crippen molar-refractivity contribution in [3.05, 3.63) is 5.21 Å². The van der Waals surface area contributed by atoms with E-state index >= 15 is 0 Å². The van der Waals surface area contributed by atoms with Crippen LogP contribution < -0.4 is 5.73 Å². The predicted octanol–water partition coefficient (Wildman–Crippen LogP) is 0.314. The number of hydrazine groups is 1. The molecule has 72 valence electrons. The highest BCUT2D eigenvalue weighted by Gasteiger charge is 2.09. The van der Waals surface area contributed by atoms with Gasteiger partial charge in [0.05, 0.1) is 18.1 Å². The third kappa shape index (κ3) is 3.97. The zero-order valence-electron chi connectivity index (χ0n) is 7.31. The molecule has 0 rings (SSSR count). The van der Waals surface area contributed by atoms with Crippen LogP contribution in [0.5, 0.6) is 0 Å². The zero-order valence-corrected chi connectivity index (χ0v) is 7.31. The lowest BCUT2D eigenvalue weighted by molar-refractivity contribution is -0.709. The molecular formula is C6H16N4O2. The summed E-state index contributed by atoms with van der Waals surface area (Å²) in [4.78, 5) is 0.194. The van der Waals surface area contributed by atoms with Gasteiger partial charge in [-0.3, -0.25) is 0 Å². The molecule has 0 heterocycles. The molecule has 0 aliphatic heterocycles. The Morgan fingerprint density at radius 3 is 2.67 bits per heavy atom. The first-order valence-corrected chi connectivity index (χ1v) is 4.03. The normalized spacial score (nSPS) is 11.7.